The lowest BCUT2D eigenvalue weighted by Gasteiger charge is -2.41. The van der Waals surface area contributed by atoms with Crippen molar-refractivity contribution in [3.63, 3.8) is 0 Å². The minimum Gasteiger partial charge on any atom is -0.207 e. The highest BCUT2D eigenvalue weighted by atomic mass is 35.5. The predicted octanol–water partition coefficient (Wildman–Crippen LogP) is 3.18. The number of piperidine rings is 1. The van der Waals surface area contributed by atoms with Crippen molar-refractivity contribution >= 4 is 21.6 Å². The highest BCUT2D eigenvalue weighted by Gasteiger charge is 2.44. The van der Waals surface area contributed by atoms with Crippen LogP contribution in [0.1, 0.15) is 26.7 Å². The third-order valence-electron chi connectivity index (χ3n) is 3.83. The smallest absolute Gasteiger partial charge is 0.207 e. The zero-order chi connectivity index (χ0) is 15.8. The van der Waals surface area contributed by atoms with E-state index in [9.17, 15) is 18.1 Å². The molecule has 1 atom stereocenters. The fraction of sp³-hybridized carbons (Fsp3) is 0.500. The number of hydrogen-bond donors (Lipinski definition) is 0. The summed E-state index contributed by atoms with van der Waals surface area (Å²) in [6, 6.07) is 4.47. The topological polar surface area (TPSA) is 61.2 Å². The van der Waals surface area contributed by atoms with Gasteiger partial charge in [-0.2, -0.15) is 9.57 Å². The molecule has 21 heavy (non-hydrogen) atoms. The van der Waals surface area contributed by atoms with Crippen LogP contribution in [0.25, 0.3) is 0 Å². The summed E-state index contributed by atoms with van der Waals surface area (Å²) in [5.41, 5.74) is -0.438. The summed E-state index contributed by atoms with van der Waals surface area (Å²) in [5.74, 6) is -0.602. The van der Waals surface area contributed by atoms with Crippen LogP contribution in [0.3, 0.4) is 0 Å². The van der Waals surface area contributed by atoms with E-state index in [0.29, 0.717) is 6.42 Å². The number of halogens is 2. The van der Waals surface area contributed by atoms with E-state index < -0.39 is 27.3 Å². The molecule has 1 heterocycles. The van der Waals surface area contributed by atoms with Crippen LogP contribution in [0, 0.1) is 22.6 Å². The summed E-state index contributed by atoms with van der Waals surface area (Å²) in [4.78, 5) is -0.163. The van der Waals surface area contributed by atoms with Gasteiger partial charge in [-0.1, -0.05) is 25.4 Å². The summed E-state index contributed by atoms with van der Waals surface area (Å²) in [6.07, 6.45) is 1.44. The molecule has 0 radical (unpaired) electrons. The SMILES string of the molecule is CC1(C)CCCN(S(=O)(=O)c2ccc(F)cc2Cl)C1C#N. The molecule has 0 aliphatic carbocycles. The maximum absolute atomic E-state index is 13.1. The predicted molar refractivity (Wildman–Crippen MR) is 77.7 cm³/mol. The molecule has 1 aromatic carbocycles. The number of nitrogens with zero attached hydrogens (tertiary/aromatic N) is 2. The molecule has 0 bridgehead atoms. The second kappa shape index (κ2) is 5.56. The summed E-state index contributed by atoms with van der Waals surface area (Å²) < 4.78 is 39.8. The van der Waals surface area contributed by atoms with Gasteiger partial charge >= 0.3 is 0 Å². The third-order valence-corrected chi connectivity index (χ3v) is 6.18. The quantitative estimate of drug-likeness (QED) is 0.836. The minimum atomic E-state index is -3.93. The molecule has 4 nitrogen and oxygen atoms in total. The van der Waals surface area contributed by atoms with Gasteiger partial charge in [-0.25, -0.2) is 12.8 Å². The lowest BCUT2D eigenvalue weighted by atomic mass is 9.78. The van der Waals surface area contributed by atoms with E-state index in [1.807, 2.05) is 13.8 Å². The summed E-state index contributed by atoms with van der Waals surface area (Å²) in [6.45, 7) is 4.00. The number of nitriles is 1. The lowest BCUT2D eigenvalue weighted by molar-refractivity contribution is 0.139. The first kappa shape index (κ1) is 16.2. The number of benzene rings is 1. The normalized spacial score (nSPS) is 22.7. The zero-order valence-corrected chi connectivity index (χ0v) is 13.4. The van der Waals surface area contributed by atoms with Crippen LogP contribution in [0.2, 0.25) is 5.02 Å². The molecule has 114 valence electrons. The summed E-state index contributed by atoms with van der Waals surface area (Å²) in [7, 11) is -3.93. The van der Waals surface area contributed by atoms with E-state index in [1.165, 1.54) is 4.31 Å². The van der Waals surface area contributed by atoms with Gasteiger partial charge in [0.25, 0.3) is 0 Å². The Labute approximate surface area is 129 Å². The fourth-order valence-corrected chi connectivity index (χ4v) is 4.89. The Kier molecular flexibility index (Phi) is 4.29. The molecule has 0 amide bonds. The Balaban J connectivity index is 2.50. The van der Waals surface area contributed by atoms with Crippen LogP contribution in [0.15, 0.2) is 23.1 Å². The molecule has 2 rings (SSSR count). The maximum Gasteiger partial charge on any atom is 0.245 e. The molecule has 0 spiro atoms. The average molecular weight is 331 g/mol. The second-order valence-corrected chi connectivity index (χ2v) is 8.08. The monoisotopic (exact) mass is 330 g/mol. The van der Waals surface area contributed by atoms with Crippen LogP contribution < -0.4 is 0 Å². The van der Waals surface area contributed by atoms with Gasteiger partial charge < -0.3 is 0 Å². The van der Waals surface area contributed by atoms with Gasteiger partial charge in [0.2, 0.25) is 10.0 Å². The zero-order valence-electron chi connectivity index (χ0n) is 11.8. The van der Waals surface area contributed by atoms with Gasteiger partial charge in [-0.3, -0.25) is 0 Å². The largest absolute Gasteiger partial charge is 0.245 e. The first-order valence-electron chi connectivity index (χ1n) is 6.56. The molecule has 0 N–H and O–H groups in total. The second-order valence-electron chi connectivity index (χ2n) is 5.81. The molecule has 1 aliphatic rings. The van der Waals surface area contributed by atoms with E-state index >= 15 is 0 Å². The first-order valence-corrected chi connectivity index (χ1v) is 8.38. The molecule has 7 heteroatoms. The van der Waals surface area contributed by atoms with E-state index in [-0.39, 0.29) is 16.5 Å². The Hall–Kier alpha value is -1.16. The summed E-state index contributed by atoms with van der Waals surface area (Å²) >= 11 is 5.87. The van der Waals surface area contributed by atoms with Gasteiger partial charge in [0, 0.05) is 6.54 Å². The first-order chi connectivity index (χ1) is 9.70. The standard InChI is InChI=1S/C14H16ClFN2O2S/c1-14(2)6-3-7-18(13(14)9-17)21(19,20)12-5-4-10(16)8-11(12)15/h4-5,8,13H,3,6-7H2,1-2H3. The molecule has 1 aromatic rings. The Bertz CT molecular complexity index is 697. The molecular weight excluding hydrogens is 315 g/mol. The van der Waals surface area contributed by atoms with Crippen LogP contribution >= 0.6 is 11.6 Å². The van der Waals surface area contributed by atoms with Crippen LogP contribution in [0.5, 0.6) is 0 Å². The van der Waals surface area contributed by atoms with Crippen molar-refractivity contribution in [1.29, 1.82) is 5.26 Å². The Morgan fingerprint density at radius 2 is 2.14 bits per heavy atom. The lowest BCUT2D eigenvalue weighted by Crippen LogP contribution is -2.51. The average Bonchev–Trinajstić information content (AvgIpc) is 2.36. The fourth-order valence-electron chi connectivity index (χ4n) is 2.65. The van der Waals surface area contributed by atoms with Gasteiger partial charge in [0.1, 0.15) is 16.8 Å². The van der Waals surface area contributed by atoms with Crippen molar-refractivity contribution < 1.29 is 12.8 Å². The van der Waals surface area contributed by atoms with Crippen molar-refractivity contribution in [3.05, 3.63) is 29.0 Å². The number of hydrogen-bond acceptors (Lipinski definition) is 3. The summed E-state index contributed by atoms with van der Waals surface area (Å²) in [5, 5.41) is 9.20. The van der Waals surface area contributed by atoms with Gasteiger partial charge in [-0.05, 0) is 36.5 Å². The molecular formula is C14H16ClFN2O2S. The molecule has 1 unspecified atom stereocenters. The van der Waals surface area contributed by atoms with E-state index in [1.54, 1.807) is 0 Å². The van der Waals surface area contributed by atoms with Gasteiger partial charge in [0.05, 0.1) is 11.1 Å². The Morgan fingerprint density at radius 3 is 2.71 bits per heavy atom. The van der Waals surface area contributed by atoms with E-state index in [4.69, 9.17) is 11.6 Å². The highest BCUT2D eigenvalue weighted by molar-refractivity contribution is 7.89. The molecule has 1 aliphatic heterocycles. The van der Waals surface area contributed by atoms with Crippen molar-refractivity contribution in [2.24, 2.45) is 5.41 Å². The minimum absolute atomic E-state index is 0.163. The van der Waals surface area contributed by atoms with Crippen molar-refractivity contribution in [3.8, 4) is 6.07 Å². The van der Waals surface area contributed by atoms with E-state index in [2.05, 4.69) is 6.07 Å². The van der Waals surface area contributed by atoms with Crippen molar-refractivity contribution in [1.82, 2.24) is 4.31 Å². The number of rotatable bonds is 2. The van der Waals surface area contributed by atoms with Gasteiger partial charge in [-0.15, -0.1) is 0 Å². The molecule has 1 saturated heterocycles. The van der Waals surface area contributed by atoms with Crippen LogP contribution in [-0.4, -0.2) is 25.3 Å². The van der Waals surface area contributed by atoms with Crippen LogP contribution in [0.4, 0.5) is 4.39 Å². The Morgan fingerprint density at radius 1 is 1.48 bits per heavy atom. The third kappa shape index (κ3) is 2.91. The molecule has 1 fully saturated rings. The van der Waals surface area contributed by atoms with Gasteiger partial charge in [0.15, 0.2) is 0 Å². The maximum atomic E-state index is 13.1. The van der Waals surface area contributed by atoms with Crippen LogP contribution in [-0.2, 0) is 10.0 Å². The number of sulfonamides is 1. The van der Waals surface area contributed by atoms with Crippen molar-refractivity contribution in [2.75, 3.05) is 6.54 Å². The highest BCUT2D eigenvalue weighted by Crippen LogP contribution is 2.38. The van der Waals surface area contributed by atoms with E-state index in [0.717, 1.165) is 24.6 Å². The molecule has 0 aromatic heterocycles. The van der Waals surface area contributed by atoms with Crippen molar-refractivity contribution in [2.45, 2.75) is 37.6 Å². The molecule has 0 saturated carbocycles.